The molecular formula is C29H32F3N3O4. The predicted octanol–water partition coefficient (Wildman–Crippen LogP) is 5.74. The van der Waals surface area contributed by atoms with Crippen LogP contribution in [0.1, 0.15) is 91.4 Å². The van der Waals surface area contributed by atoms with E-state index < -0.39 is 29.3 Å². The van der Waals surface area contributed by atoms with Crippen LogP contribution in [0, 0.1) is 0 Å². The van der Waals surface area contributed by atoms with E-state index in [4.69, 9.17) is 10.1 Å². The normalized spacial score (nSPS) is 17.7. The minimum absolute atomic E-state index is 0.00876. The lowest BCUT2D eigenvalue weighted by Gasteiger charge is -2.44. The molecule has 0 bridgehead atoms. The summed E-state index contributed by atoms with van der Waals surface area (Å²) in [4.78, 5) is 43.7. The van der Waals surface area contributed by atoms with Gasteiger partial charge in [-0.15, -0.1) is 0 Å². The zero-order chi connectivity index (χ0) is 28.2. The van der Waals surface area contributed by atoms with Crippen LogP contribution in [0.4, 0.5) is 13.2 Å². The van der Waals surface area contributed by atoms with E-state index in [0.29, 0.717) is 24.8 Å². The van der Waals surface area contributed by atoms with Crippen molar-refractivity contribution >= 4 is 23.5 Å². The molecule has 1 aliphatic carbocycles. The Morgan fingerprint density at radius 1 is 1.10 bits per heavy atom. The minimum atomic E-state index is -4.53. The second-order valence-corrected chi connectivity index (χ2v) is 10.1. The van der Waals surface area contributed by atoms with E-state index >= 15 is 0 Å². The minimum Gasteiger partial charge on any atom is -0.481 e. The lowest BCUT2D eigenvalue weighted by molar-refractivity contribution is -0.138. The number of alkyl halides is 3. The first-order valence-corrected chi connectivity index (χ1v) is 13.3. The predicted molar refractivity (Wildman–Crippen MR) is 139 cm³/mol. The molecule has 0 aromatic heterocycles. The number of carbonyl (C=O) groups is 3. The number of carboxylic acids is 1. The zero-order valence-electron chi connectivity index (χ0n) is 21.8. The van der Waals surface area contributed by atoms with Crippen molar-refractivity contribution in [2.75, 3.05) is 6.54 Å². The van der Waals surface area contributed by atoms with Crippen molar-refractivity contribution in [1.29, 1.82) is 0 Å². The summed E-state index contributed by atoms with van der Waals surface area (Å²) < 4.78 is 40.3. The molecule has 208 valence electrons. The van der Waals surface area contributed by atoms with Crippen LogP contribution in [0.15, 0.2) is 53.5 Å². The highest BCUT2D eigenvalue weighted by molar-refractivity contribution is 6.46. The number of aliphatic carboxylic acids is 1. The lowest BCUT2D eigenvalue weighted by atomic mass is 9.86. The molecule has 1 unspecified atom stereocenters. The Morgan fingerprint density at radius 2 is 1.79 bits per heavy atom. The Morgan fingerprint density at radius 3 is 2.41 bits per heavy atom. The standard InChI is InChI=1S/C29H32F3N3O4/c1-2-7-23(19-10-12-20(13-11-19)26(38)33-17-14-24(36)37)35-27(39)25(34-28(35)15-4-3-5-16-28)21-8-6-9-22(18-21)29(30,31)32/h6,8-13,18,23H,2-5,7,14-17H2,1H3,(H,33,38)(H,36,37). The SMILES string of the molecule is CCCC(c1ccc(C(=O)NCCC(=O)O)cc1)N1C(=O)C(c2cccc(C(F)(F)F)c2)=NC12CCCCC2. The van der Waals surface area contributed by atoms with Gasteiger partial charge in [0, 0.05) is 17.7 Å². The van der Waals surface area contributed by atoms with Crippen molar-refractivity contribution in [2.45, 2.75) is 76.2 Å². The molecule has 2 amide bonds. The summed E-state index contributed by atoms with van der Waals surface area (Å²) in [7, 11) is 0. The molecule has 7 nitrogen and oxygen atoms in total. The van der Waals surface area contributed by atoms with Crippen LogP contribution in [0.5, 0.6) is 0 Å². The highest BCUT2D eigenvalue weighted by Gasteiger charge is 2.50. The summed E-state index contributed by atoms with van der Waals surface area (Å²) in [6.45, 7) is 2.01. The van der Waals surface area contributed by atoms with Gasteiger partial charge >= 0.3 is 12.1 Å². The third-order valence-electron chi connectivity index (χ3n) is 7.36. The molecule has 1 heterocycles. The average molecular weight is 544 g/mol. The van der Waals surface area contributed by atoms with E-state index in [9.17, 15) is 27.6 Å². The monoisotopic (exact) mass is 543 g/mol. The number of aliphatic imine (C=N–C) groups is 1. The Balaban J connectivity index is 1.66. The molecule has 0 saturated heterocycles. The first-order chi connectivity index (χ1) is 18.6. The summed E-state index contributed by atoms with van der Waals surface area (Å²) >= 11 is 0. The maximum atomic E-state index is 14.0. The molecule has 10 heteroatoms. The maximum absolute atomic E-state index is 14.0. The molecule has 39 heavy (non-hydrogen) atoms. The van der Waals surface area contributed by atoms with Crippen LogP contribution in [0.3, 0.4) is 0 Å². The van der Waals surface area contributed by atoms with E-state index in [1.807, 2.05) is 6.92 Å². The first kappa shape index (κ1) is 28.3. The zero-order valence-corrected chi connectivity index (χ0v) is 21.8. The van der Waals surface area contributed by atoms with Crippen LogP contribution in [0.25, 0.3) is 0 Å². The quantitative estimate of drug-likeness (QED) is 0.421. The molecule has 2 N–H and O–H groups in total. The van der Waals surface area contributed by atoms with Gasteiger partial charge in [0.1, 0.15) is 11.4 Å². The molecule has 2 aliphatic rings. The Labute approximate surface area is 225 Å². The molecule has 2 aromatic rings. The average Bonchev–Trinajstić information content (AvgIpc) is 3.18. The number of nitrogens with one attached hydrogen (secondary N) is 1. The van der Waals surface area contributed by atoms with Crippen LogP contribution in [0.2, 0.25) is 0 Å². The van der Waals surface area contributed by atoms with Crippen LogP contribution in [-0.2, 0) is 15.8 Å². The summed E-state index contributed by atoms with van der Waals surface area (Å²) in [6, 6.07) is 11.2. The van der Waals surface area contributed by atoms with E-state index in [1.54, 1.807) is 29.2 Å². The molecule has 2 aromatic carbocycles. The molecule has 1 atom stereocenters. The van der Waals surface area contributed by atoms with Gasteiger partial charge in [-0.3, -0.25) is 19.4 Å². The van der Waals surface area contributed by atoms with Crippen molar-refractivity contribution in [2.24, 2.45) is 4.99 Å². The van der Waals surface area contributed by atoms with Crippen molar-refractivity contribution < 1.29 is 32.7 Å². The van der Waals surface area contributed by atoms with Gasteiger partial charge in [0.25, 0.3) is 11.8 Å². The molecular weight excluding hydrogens is 511 g/mol. The van der Waals surface area contributed by atoms with Crippen LogP contribution in [-0.4, -0.2) is 45.7 Å². The second-order valence-electron chi connectivity index (χ2n) is 10.1. The highest BCUT2D eigenvalue weighted by atomic mass is 19.4. The third kappa shape index (κ3) is 6.15. The van der Waals surface area contributed by atoms with Gasteiger partial charge in [0.15, 0.2) is 0 Å². The number of halogens is 3. The van der Waals surface area contributed by atoms with Gasteiger partial charge < -0.3 is 15.3 Å². The van der Waals surface area contributed by atoms with Crippen molar-refractivity contribution in [3.05, 3.63) is 70.8 Å². The number of benzene rings is 2. The van der Waals surface area contributed by atoms with E-state index in [2.05, 4.69) is 5.32 Å². The van der Waals surface area contributed by atoms with Gasteiger partial charge in [0.05, 0.1) is 18.0 Å². The van der Waals surface area contributed by atoms with Crippen LogP contribution >= 0.6 is 0 Å². The summed E-state index contributed by atoms with van der Waals surface area (Å²) in [6.07, 6.45) is 0.626. The number of hydrogen-bond acceptors (Lipinski definition) is 4. The molecule has 1 spiro atoms. The Kier molecular flexibility index (Phi) is 8.42. The van der Waals surface area contributed by atoms with Crippen molar-refractivity contribution in [1.82, 2.24) is 10.2 Å². The van der Waals surface area contributed by atoms with Gasteiger partial charge in [-0.2, -0.15) is 13.2 Å². The van der Waals surface area contributed by atoms with E-state index in [-0.39, 0.29) is 36.2 Å². The fraction of sp³-hybridized carbons (Fsp3) is 0.448. The molecule has 0 radical (unpaired) electrons. The summed E-state index contributed by atoms with van der Waals surface area (Å²) in [5, 5.41) is 11.3. The Hall–Kier alpha value is -3.69. The number of amides is 2. The third-order valence-corrected chi connectivity index (χ3v) is 7.36. The molecule has 1 fully saturated rings. The van der Waals surface area contributed by atoms with Gasteiger partial charge in [-0.25, -0.2) is 0 Å². The van der Waals surface area contributed by atoms with E-state index in [1.165, 1.54) is 12.1 Å². The number of rotatable bonds is 9. The molecule has 4 rings (SSSR count). The second kappa shape index (κ2) is 11.6. The van der Waals surface area contributed by atoms with Crippen molar-refractivity contribution in [3.8, 4) is 0 Å². The summed E-state index contributed by atoms with van der Waals surface area (Å²) in [5.74, 6) is -1.79. The fourth-order valence-electron chi connectivity index (χ4n) is 5.51. The number of carbonyl (C=O) groups excluding carboxylic acids is 2. The van der Waals surface area contributed by atoms with Crippen molar-refractivity contribution in [3.63, 3.8) is 0 Å². The smallest absolute Gasteiger partial charge is 0.416 e. The molecule has 1 aliphatic heterocycles. The largest absolute Gasteiger partial charge is 0.481 e. The number of hydrogen-bond donors (Lipinski definition) is 2. The van der Waals surface area contributed by atoms with Crippen LogP contribution < -0.4 is 5.32 Å². The van der Waals surface area contributed by atoms with E-state index in [0.717, 1.165) is 43.4 Å². The van der Waals surface area contributed by atoms with Gasteiger partial charge in [-0.1, -0.05) is 44.0 Å². The fourth-order valence-corrected chi connectivity index (χ4v) is 5.51. The Bertz CT molecular complexity index is 1250. The molecule has 1 saturated carbocycles. The van der Waals surface area contributed by atoms with Gasteiger partial charge in [0.2, 0.25) is 0 Å². The lowest BCUT2D eigenvalue weighted by Crippen LogP contribution is -2.50. The highest BCUT2D eigenvalue weighted by Crippen LogP contribution is 2.45. The number of carboxylic acid groups (broad SMARTS) is 1. The number of nitrogens with zero attached hydrogens (tertiary/aromatic N) is 2. The first-order valence-electron chi connectivity index (χ1n) is 13.3. The topological polar surface area (TPSA) is 99.1 Å². The summed E-state index contributed by atoms with van der Waals surface area (Å²) in [5.41, 5.74) is -0.275. The maximum Gasteiger partial charge on any atom is 0.416 e. The van der Waals surface area contributed by atoms with Gasteiger partial charge in [-0.05, 0) is 61.9 Å².